The highest BCUT2D eigenvalue weighted by atomic mass is 19.4. The molecule has 0 spiro atoms. The van der Waals surface area contributed by atoms with Gasteiger partial charge in [0.05, 0.1) is 5.69 Å². The van der Waals surface area contributed by atoms with Crippen molar-refractivity contribution >= 4 is 0 Å². The highest BCUT2D eigenvalue weighted by molar-refractivity contribution is 5.17. The Kier molecular flexibility index (Phi) is 2.63. The van der Waals surface area contributed by atoms with E-state index in [1.54, 1.807) is 6.20 Å². The van der Waals surface area contributed by atoms with E-state index in [9.17, 15) is 22.0 Å². The van der Waals surface area contributed by atoms with Gasteiger partial charge in [-0.2, -0.15) is 22.0 Å². The van der Waals surface area contributed by atoms with E-state index in [2.05, 4.69) is 9.94 Å². The summed E-state index contributed by atoms with van der Waals surface area (Å²) in [6.45, 7) is -2.28. The first kappa shape index (κ1) is 10.7. The number of aromatic nitrogens is 2. The second-order valence-corrected chi connectivity index (χ2v) is 2.31. The zero-order chi connectivity index (χ0) is 10.9. The maximum absolute atomic E-state index is 12.1. The first-order chi connectivity index (χ1) is 6.32. The van der Waals surface area contributed by atoms with Crippen LogP contribution in [0, 0.1) is 13.1 Å². The Morgan fingerprint density at radius 3 is 2.36 bits per heavy atom. The minimum atomic E-state index is -4.67. The lowest BCUT2D eigenvalue weighted by Gasteiger charge is -2.06. The standard InChI is InChI=1S/C6H4F5N2O/c1-3-4(6(9,10)11)2-12-13(3)14-5(7)8/h5H,1H3. The summed E-state index contributed by atoms with van der Waals surface area (Å²) in [5.41, 5.74) is -1.80. The van der Waals surface area contributed by atoms with Crippen molar-refractivity contribution < 1.29 is 26.8 Å². The van der Waals surface area contributed by atoms with Gasteiger partial charge in [0.25, 0.3) is 0 Å². The lowest BCUT2D eigenvalue weighted by Crippen LogP contribution is -2.20. The second-order valence-electron chi connectivity index (χ2n) is 2.31. The molecule has 1 heterocycles. The molecule has 0 saturated heterocycles. The molecule has 14 heavy (non-hydrogen) atoms. The van der Waals surface area contributed by atoms with Crippen LogP contribution in [0.25, 0.3) is 0 Å². The largest absolute Gasteiger partial charge is 0.420 e. The molecule has 1 aromatic rings. The van der Waals surface area contributed by atoms with Crippen molar-refractivity contribution in [1.82, 2.24) is 9.94 Å². The minimum absolute atomic E-state index is 0.0908. The number of alkyl halides is 5. The number of nitrogens with zero attached hydrogens (tertiary/aromatic N) is 2. The maximum Gasteiger partial charge on any atom is 0.420 e. The Morgan fingerprint density at radius 2 is 2.00 bits per heavy atom. The molecule has 0 atom stereocenters. The van der Waals surface area contributed by atoms with Gasteiger partial charge in [-0.25, -0.2) is 0 Å². The SMILES string of the molecule is Cc1c(C(F)(F)F)[c]nn1OC(F)F. The topological polar surface area (TPSA) is 27.1 Å². The Hall–Kier alpha value is -1.34. The number of hydrogen-bond acceptors (Lipinski definition) is 2. The quantitative estimate of drug-likeness (QED) is 0.701. The van der Waals surface area contributed by atoms with Gasteiger partial charge < -0.3 is 4.84 Å². The van der Waals surface area contributed by atoms with Crippen LogP contribution in [0.2, 0.25) is 0 Å². The van der Waals surface area contributed by atoms with E-state index in [0.29, 0.717) is 0 Å². The van der Waals surface area contributed by atoms with Gasteiger partial charge in [-0.3, -0.25) is 0 Å². The molecule has 8 heteroatoms. The molecule has 1 radical (unpaired) electrons. The minimum Gasteiger partial charge on any atom is -0.326 e. The highest BCUT2D eigenvalue weighted by Crippen LogP contribution is 2.30. The molecule has 0 unspecified atom stereocenters. The van der Waals surface area contributed by atoms with Gasteiger partial charge in [0.15, 0.2) is 0 Å². The summed E-state index contributed by atoms with van der Waals surface area (Å²) in [4.78, 5) is 3.75. The maximum atomic E-state index is 12.1. The van der Waals surface area contributed by atoms with Gasteiger partial charge in [-0.1, -0.05) is 4.85 Å². The molecular formula is C6H4F5N2O. The molecule has 79 valence electrons. The van der Waals surface area contributed by atoms with Crippen LogP contribution in [-0.2, 0) is 6.18 Å². The van der Waals surface area contributed by atoms with Crippen LogP contribution in [0.1, 0.15) is 11.3 Å². The summed E-state index contributed by atoms with van der Waals surface area (Å²) < 4.78 is 59.5. The number of hydrogen-bond donors (Lipinski definition) is 0. The molecule has 0 amide bonds. The molecule has 1 aromatic heterocycles. The Balaban J connectivity index is 2.97. The van der Waals surface area contributed by atoms with Crippen LogP contribution >= 0.6 is 0 Å². The van der Waals surface area contributed by atoms with Crippen molar-refractivity contribution in [3.8, 4) is 0 Å². The van der Waals surface area contributed by atoms with Crippen LogP contribution in [0.15, 0.2) is 0 Å². The average molecular weight is 215 g/mol. The molecule has 0 aliphatic rings. The second kappa shape index (κ2) is 3.43. The predicted molar refractivity (Wildman–Crippen MR) is 33.4 cm³/mol. The van der Waals surface area contributed by atoms with Crippen molar-refractivity contribution in [2.45, 2.75) is 19.7 Å². The van der Waals surface area contributed by atoms with Crippen molar-refractivity contribution in [3.05, 3.63) is 17.5 Å². The van der Waals surface area contributed by atoms with E-state index >= 15 is 0 Å². The molecule has 0 aliphatic heterocycles. The Bertz CT molecular complexity index is 319. The lowest BCUT2D eigenvalue weighted by molar-refractivity contribution is -0.150. The normalized spacial score (nSPS) is 12.2. The fourth-order valence-electron chi connectivity index (χ4n) is 0.794. The predicted octanol–water partition coefficient (Wildman–Crippen LogP) is 1.66. The van der Waals surface area contributed by atoms with Crippen molar-refractivity contribution in [3.63, 3.8) is 0 Å². The van der Waals surface area contributed by atoms with Crippen LogP contribution in [0.3, 0.4) is 0 Å². The first-order valence-corrected chi connectivity index (χ1v) is 3.32. The van der Waals surface area contributed by atoms with E-state index in [0.717, 1.165) is 6.92 Å². The highest BCUT2D eigenvalue weighted by Gasteiger charge is 2.36. The average Bonchev–Trinajstić information content (AvgIpc) is 2.30. The first-order valence-electron chi connectivity index (χ1n) is 3.32. The van der Waals surface area contributed by atoms with Gasteiger partial charge in [0, 0.05) is 0 Å². The Morgan fingerprint density at radius 1 is 1.43 bits per heavy atom. The van der Waals surface area contributed by atoms with Gasteiger partial charge in [0.1, 0.15) is 11.8 Å². The summed E-state index contributed by atoms with van der Waals surface area (Å²) in [5, 5.41) is 2.89. The molecule has 1 rings (SSSR count). The van der Waals surface area contributed by atoms with Crippen LogP contribution < -0.4 is 4.84 Å². The van der Waals surface area contributed by atoms with Gasteiger partial charge in [-0.15, -0.1) is 5.10 Å². The van der Waals surface area contributed by atoms with Gasteiger partial charge >= 0.3 is 12.8 Å². The van der Waals surface area contributed by atoms with Gasteiger partial charge in [0.2, 0.25) is 0 Å². The lowest BCUT2D eigenvalue weighted by atomic mass is 10.3. The van der Waals surface area contributed by atoms with E-state index in [-0.39, 0.29) is 4.85 Å². The molecule has 3 nitrogen and oxygen atoms in total. The molecular weight excluding hydrogens is 211 g/mol. The van der Waals surface area contributed by atoms with Crippen LogP contribution in [0.4, 0.5) is 22.0 Å². The van der Waals surface area contributed by atoms with Crippen molar-refractivity contribution in [2.75, 3.05) is 0 Å². The van der Waals surface area contributed by atoms with E-state index in [1.807, 2.05) is 0 Å². The summed E-state index contributed by atoms with van der Waals surface area (Å²) in [7, 11) is 0. The van der Waals surface area contributed by atoms with Crippen molar-refractivity contribution in [1.29, 1.82) is 0 Å². The zero-order valence-electron chi connectivity index (χ0n) is 6.77. The van der Waals surface area contributed by atoms with E-state index in [1.165, 1.54) is 0 Å². The monoisotopic (exact) mass is 215 g/mol. The smallest absolute Gasteiger partial charge is 0.326 e. The molecule has 0 aromatic carbocycles. The van der Waals surface area contributed by atoms with Crippen LogP contribution in [-0.4, -0.2) is 16.6 Å². The van der Waals surface area contributed by atoms with E-state index in [4.69, 9.17) is 0 Å². The number of halogens is 5. The third-order valence-corrected chi connectivity index (χ3v) is 1.36. The van der Waals surface area contributed by atoms with Crippen molar-refractivity contribution in [2.24, 2.45) is 0 Å². The summed E-state index contributed by atoms with van der Waals surface area (Å²) in [6, 6.07) is 0. The van der Waals surface area contributed by atoms with E-state index < -0.39 is 24.0 Å². The number of rotatable bonds is 2. The van der Waals surface area contributed by atoms with Gasteiger partial charge in [-0.05, 0) is 6.92 Å². The molecule has 0 bridgehead atoms. The molecule has 0 aliphatic carbocycles. The fraction of sp³-hybridized carbons (Fsp3) is 0.500. The zero-order valence-corrected chi connectivity index (χ0v) is 6.77. The summed E-state index contributed by atoms with van der Waals surface area (Å²) >= 11 is 0. The van der Waals surface area contributed by atoms with Crippen LogP contribution in [0.5, 0.6) is 0 Å². The summed E-state index contributed by atoms with van der Waals surface area (Å²) in [6.07, 6.45) is -3.12. The fourth-order valence-corrected chi connectivity index (χ4v) is 0.794. The summed E-state index contributed by atoms with van der Waals surface area (Å²) in [5.74, 6) is 0. The molecule has 0 saturated carbocycles. The molecule has 0 fully saturated rings. The molecule has 0 N–H and O–H groups in total. The third kappa shape index (κ3) is 2.12. The Labute approximate surface area is 75.0 Å². The third-order valence-electron chi connectivity index (χ3n) is 1.36.